The van der Waals surface area contributed by atoms with Crippen LogP contribution in [0.4, 0.5) is 0 Å². The Morgan fingerprint density at radius 1 is 1.13 bits per heavy atom. The molecule has 31 heavy (non-hydrogen) atoms. The molecule has 0 aliphatic carbocycles. The SMILES string of the molecule is COc1cc(O)ccc1[C@@H]1CC(=O)c2c(OC)cc(O)c(C/C=C(\C)C=C(C)C)c2O1. The Kier molecular flexibility index (Phi) is 6.59. The zero-order valence-corrected chi connectivity index (χ0v) is 18.5. The molecule has 0 bridgehead atoms. The van der Waals surface area contributed by atoms with Crippen LogP contribution < -0.4 is 14.2 Å². The summed E-state index contributed by atoms with van der Waals surface area (Å²) in [4.78, 5) is 13.1. The van der Waals surface area contributed by atoms with Gasteiger partial charge >= 0.3 is 0 Å². The van der Waals surface area contributed by atoms with Crippen molar-refractivity contribution >= 4 is 5.78 Å². The molecule has 0 aromatic heterocycles. The first-order valence-corrected chi connectivity index (χ1v) is 10.1. The lowest BCUT2D eigenvalue weighted by molar-refractivity contribution is 0.0839. The first-order valence-electron chi connectivity index (χ1n) is 10.1. The number of carbonyl (C=O) groups excluding carboxylic acids is 1. The molecular formula is C25H28O6. The van der Waals surface area contributed by atoms with Gasteiger partial charge in [0, 0.05) is 23.3 Å². The maximum absolute atomic E-state index is 13.1. The Hall–Kier alpha value is -3.41. The summed E-state index contributed by atoms with van der Waals surface area (Å²) in [7, 11) is 2.95. The van der Waals surface area contributed by atoms with E-state index in [2.05, 4.69) is 0 Å². The predicted molar refractivity (Wildman–Crippen MR) is 119 cm³/mol. The van der Waals surface area contributed by atoms with Crippen LogP contribution in [0.1, 0.15) is 54.8 Å². The highest BCUT2D eigenvalue weighted by Gasteiger charge is 2.35. The van der Waals surface area contributed by atoms with Gasteiger partial charge in [-0.25, -0.2) is 0 Å². The summed E-state index contributed by atoms with van der Waals surface area (Å²) in [5, 5.41) is 20.4. The van der Waals surface area contributed by atoms with Gasteiger partial charge in [-0.2, -0.15) is 0 Å². The van der Waals surface area contributed by atoms with Gasteiger partial charge in [0.2, 0.25) is 0 Å². The van der Waals surface area contributed by atoms with E-state index < -0.39 is 6.10 Å². The Bertz CT molecular complexity index is 1060. The highest BCUT2D eigenvalue weighted by Crippen LogP contribution is 2.47. The molecule has 1 aliphatic rings. The van der Waals surface area contributed by atoms with Gasteiger partial charge in [-0.3, -0.25) is 4.79 Å². The van der Waals surface area contributed by atoms with E-state index in [-0.39, 0.29) is 29.5 Å². The number of phenolic OH excluding ortho intramolecular Hbond substituents is 2. The van der Waals surface area contributed by atoms with Crippen LogP contribution in [0.15, 0.2) is 47.6 Å². The third kappa shape index (κ3) is 4.68. The molecule has 2 N–H and O–H groups in total. The first-order chi connectivity index (χ1) is 14.7. The van der Waals surface area contributed by atoms with Gasteiger partial charge < -0.3 is 24.4 Å². The fraction of sp³-hybridized carbons (Fsp3) is 0.320. The minimum Gasteiger partial charge on any atom is -0.508 e. The smallest absolute Gasteiger partial charge is 0.174 e. The van der Waals surface area contributed by atoms with Crippen molar-refractivity contribution in [3.8, 4) is 28.7 Å². The topological polar surface area (TPSA) is 85.2 Å². The van der Waals surface area contributed by atoms with Gasteiger partial charge in [0.15, 0.2) is 5.78 Å². The quantitative estimate of drug-likeness (QED) is 0.614. The van der Waals surface area contributed by atoms with Crippen molar-refractivity contribution in [2.24, 2.45) is 0 Å². The van der Waals surface area contributed by atoms with Crippen LogP contribution in [0.5, 0.6) is 28.7 Å². The Labute approximate surface area is 182 Å². The van der Waals surface area contributed by atoms with Crippen molar-refractivity contribution in [3.05, 3.63) is 64.3 Å². The molecule has 2 aromatic carbocycles. The van der Waals surface area contributed by atoms with Crippen molar-refractivity contribution < 1.29 is 29.2 Å². The number of carbonyl (C=O) groups is 1. The van der Waals surface area contributed by atoms with Crippen molar-refractivity contribution in [1.29, 1.82) is 0 Å². The van der Waals surface area contributed by atoms with Crippen molar-refractivity contribution in [2.45, 2.75) is 39.7 Å². The van der Waals surface area contributed by atoms with Crippen LogP contribution in [-0.2, 0) is 6.42 Å². The number of allylic oxidation sites excluding steroid dienone is 4. The van der Waals surface area contributed by atoms with Crippen LogP contribution in [-0.4, -0.2) is 30.2 Å². The molecule has 0 saturated carbocycles. The molecule has 0 unspecified atom stereocenters. The number of rotatable bonds is 6. The summed E-state index contributed by atoms with van der Waals surface area (Å²) >= 11 is 0. The number of aromatic hydroxyl groups is 2. The average molecular weight is 424 g/mol. The van der Waals surface area contributed by atoms with Crippen LogP contribution in [0.2, 0.25) is 0 Å². The molecule has 1 atom stereocenters. The number of fused-ring (bicyclic) bond motifs is 1. The van der Waals surface area contributed by atoms with Crippen molar-refractivity contribution in [3.63, 3.8) is 0 Å². The summed E-state index contributed by atoms with van der Waals surface area (Å²) in [6.45, 7) is 6.01. The zero-order chi connectivity index (χ0) is 22.7. The molecule has 0 saturated heterocycles. The van der Waals surface area contributed by atoms with E-state index in [1.54, 1.807) is 6.07 Å². The van der Waals surface area contributed by atoms with E-state index in [0.717, 1.165) is 5.57 Å². The standard InChI is InChI=1S/C25H28O6/c1-14(2)10-15(3)6-8-17-19(27)12-23(30-5)24-20(28)13-22(31-25(17)24)18-9-7-16(26)11-21(18)29-4/h6-7,9-12,22,26-27H,8,13H2,1-5H3/b15-6+/t22-/m0/s1. The molecule has 6 nitrogen and oxygen atoms in total. The second kappa shape index (κ2) is 9.16. The highest BCUT2D eigenvalue weighted by molar-refractivity contribution is 6.03. The van der Waals surface area contributed by atoms with Gasteiger partial charge in [-0.05, 0) is 39.3 Å². The number of benzene rings is 2. The summed E-state index contributed by atoms with van der Waals surface area (Å²) < 4.78 is 17.0. The van der Waals surface area contributed by atoms with E-state index in [1.807, 2.05) is 32.9 Å². The number of hydrogen-bond acceptors (Lipinski definition) is 6. The summed E-state index contributed by atoms with van der Waals surface area (Å²) in [6, 6.07) is 6.14. The minimum atomic E-state index is -0.622. The molecule has 6 heteroatoms. The molecular weight excluding hydrogens is 396 g/mol. The lowest BCUT2D eigenvalue weighted by Gasteiger charge is -2.29. The third-order valence-corrected chi connectivity index (χ3v) is 5.16. The fourth-order valence-corrected chi connectivity index (χ4v) is 3.79. The average Bonchev–Trinajstić information content (AvgIpc) is 2.71. The largest absolute Gasteiger partial charge is 0.508 e. The second-order valence-corrected chi connectivity index (χ2v) is 7.81. The number of ketones is 1. The van der Waals surface area contributed by atoms with Crippen LogP contribution >= 0.6 is 0 Å². The number of hydrogen-bond donors (Lipinski definition) is 2. The summed E-state index contributed by atoms with van der Waals surface area (Å²) in [5.41, 5.74) is 3.71. The Morgan fingerprint density at radius 2 is 1.84 bits per heavy atom. The van der Waals surface area contributed by atoms with Crippen LogP contribution in [0.25, 0.3) is 0 Å². The van der Waals surface area contributed by atoms with Gasteiger partial charge in [0.25, 0.3) is 0 Å². The van der Waals surface area contributed by atoms with Crippen molar-refractivity contribution in [1.82, 2.24) is 0 Å². The third-order valence-electron chi connectivity index (χ3n) is 5.16. The first kappa shape index (κ1) is 22.3. The fourth-order valence-electron chi connectivity index (χ4n) is 3.79. The Morgan fingerprint density at radius 3 is 2.48 bits per heavy atom. The summed E-state index contributed by atoms with van der Waals surface area (Å²) in [6.07, 6.45) is 3.88. The molecule has 0 radical (unpaired) electrons. The molecule has 1 aliphatic heterocycles. The second-order valence-electron chi connectivity index (χ2n) is 7.81. The minimum absolute atomic E-state index is 0.00275. The van der Waals surface area contributed by atoms with E-state index in [0.29, 0.717) is 34.6 Å². The zero-order valence-electron chi connectivity index (χ0n) is 18.5. The predicted octanol–water partition coefficient (Wildman–Crippen LogP) is 5.28. The van der Waals surface area contributed by atoms with Gasteiger partial charge in [0.1, 0.15) is 40.4 Å². The van der Waals surface area contributed by atoms with Gasteiger partial charge in [-0.1, -0.05) is 23.3 Å². The monoisotopic (exact) mass is 424 g/mol. The molecule has 1 heterocycles. The lowest BCUT2D eigenvalue weighted by atomic mass is 9.91. The highest BCUT2D eigenvalue weighted by atomic mass is 16.5. The molecule has 164 valence electrons. The number of phenols is 2. The molecule has 3 rings (SSSR count). The van der Waals surface area contributed by atoms with Crippen molar-refractivity contribution in [2.75, 3.05) is 14.2 Å². The number of ether oxygens (including phenoxy) is 3. The molecule has 0 amide bonds. The van der Waals surface area contributed by atoms with Gasteiger partial charge in [0.05, 0.1) is 20.6 Å². The van der Waals surface area contributed by atoms with E-state index in [4.69, 9.17) is 14.2 Å². The normalized spacial score (nSPS) is 15.7. The van der Waals surface area contributed by atoms with Crippen LogP contribution in [0, 0.1) is 0 Å². The van der Waals surface area contributed by atoms with E-state index in [1.165, 1.54) is 38.0 Å². The number of methoxy groups -OCH3 is 2. The van der Waals surface area contributed by atoms with E-state index in [9.17, 15) is 15.0 Å². The lowest BCUT2D eigenvalue weighted by Crippen LogP contribution is -2.22. The molecule has 2 aromatic rings. The van der Waals surface area contributed by atoms with Crippen LogP contribution in [0.3, 0.4) is 0 Å². The number of Topliss-reactive ketones (excluding diaryl/α,β-unsaturated/α-hetero) is 1. The maximum atomic E-state index is 13.1. The maximum Gasteiger partial charge on any atom is 0.174 e. The van der Waals surface area contributed by atoms with E-state index >= 15 is 0 Å². The molecule has 0 spiro atoms. The molecule has 0 fully saturated rings. The van der Waals surface area contributed by atoms with Gasteiger partial charge in [-0.15, -0.1) is 0 Å². The Balaban J connectivity index is 2.10. The summed E-state index contributed by atoms with van der Waals surface area (Å²) in [5.74, 6) is 0.932.